The lowest BCUT2D eigenvalue weighted by Crippen LogP contribution is -2.45. The van der Waals surface area contributed by atoms with Crippen molar-refractivity contribution in [2.45, 2.75) is 80.4 Å². The van der Waals surface area contributed by atoms with E-state index >= 15 is 0 Å². The van der Waals surface area contributed by atoms with Crippen LogP contribution in [0.25, 0.3) is 0 Å². The third-order valence-electron chi connectivity index (χ3n) is 6.02. The zero-order valence-corrected chi connectivity index (χ0v) is 20.8. The van der Waals surface area contributed by atoms with E-state index in [1.807, 2.05) is 0 Å². The Morgan fingerprint density at radius 3 is 1.25 bits per heavy atom. The molecule has 0 aliphatic carbocycles. The Bertz CT molecular complexity index is 342. The maximum absolute atomic E-state index is 3.69. The molecule has 0 saturated heterocycles. The van der Waals surface area contributed by atoms with E-state index in [0.29, 0.717) is 18.1 Å². The van der Waals surface area contributed by atoms with E-state index in [0.717, 1.165) is 52.4 Å². The topological polar surface area (TPSA) is 25.0 Å². The summed E-state index contributed by atoms with van der Waals surface area (Å²) in [7, 11) is 0. The lowest BCUT2D eigenvalue weighted by molar-refractivity contribution is 0.157. The van der Waals surface area contributed by atoms with Gasteiger partial charge in [-0.1, -0.05) is 20.8 Å². The van der Waals surface area contributed by atoms with E-state index in [2.05, 4.69) is 87.2 Å². The molecule has 0 rings (SSSR count). The van der Waals surface area contributed by atoms with Gasteiger partial charge in [-0.05, 0) is 61.2 Å². The summed E-state index contributed by atoms with van der Waals surface area (Å²) in [6.45, 7) is 33.2. The summed E-state index contributed by atoms with van der Waals surface area (Å²) in [6.07, 6.45) is 0. The van der Waals surface area contributed by atoms with E-state index < -0.39 is 0 Å². The standard InChI is InChI=1S/C23H53N5/c1-10-25(11-2)17-18-27(22(6)7)15-13-24-14-16-28(23(8)9)20-19-26(12-3)21(4)5/h21-24H,10-20H2,1-9H3. The first-order valence-electron chi connectivity index (χ1n) is 11.9. The van der Waals surface area contributed by atoms with Crippen LogP contribution in [0.5, 0.6) is 0 Å². The molecule has 170 valence electrons. The van der Waals surface area contributed by atoms with Crippen molar-refractivity contribution in [2.75, 3.05) is 72.0 Å². The minimum atomic E-state index is 0.605. The molecule has 5 heteroatoms. The van der Waals surface area contributed by atoms with E-state index in [-0.39, 0.29) is 0 Å². The minimum absolute atomic E-state index is 0.605. The van der Waals surface area contributed by atoms with Gasteiger partial charge < -0.3 is 10.2 Å². The van der Waals surface area contributed by atoms with Crippen molar-refractivity contribution in [2.24, 2.45) is 0 Å². The Kier molecular flexibility index (Phi) is 16.5. The van der Waals surface area contributed by atoms with E-state index in [1.165, 1.54) is 19.6 Å². The van der Waals surface area contributed by atoms with Crippen LogP contribution in [0.1, 0.15) is 62.3 Å². The van der Waals surface area contributed by atoms with Gasteiger partial charge in [-0.2, -0.15) is 0 Å². The van der Waals surface area contributed by atoms with Crippen molar-refractivity contribution in [3.63, 3.8) is 0 Å². The van der Waals surface area contributed by atoms with Crippen molar-refractivity contribution >= 4 is 0 Å². The Balaban J connectivity index is 4.18. The third kappa shape index (κ3) is 12.4. The molecule has 0 fully saturated rings. The van der Waals surface area contributed by atoms with Crippen LogP contribution >= 0.6 is 0 Å². The van der Waals surface area contributed by atoms with Crippen LogP contribution < -0.4 is 5.32 Å². The molecular formula is C23H53N5. The monoisotopic (exact) mass is 399 g/mol. The third-order valence-corrected chi connectivity index (χ3v) is 6.02. The Morgan fingerprint density at radius 2 is 0.893 bits per heavy atom. The predicted molar refractivity (Wildman–Crippen MR) is 126 cm³/mol. The number of likely N-dealkylation sites (N-methyl/N-ethyl adjacent to an activating group) is 2. The summed E-state index contributed by atoms with van der Waals surface area (Å²) in [6, 6.07) is 1.85. The summed E-state index contributed by atoms with van der Waals surface area (Å²) in [5, 5.41) is 3.69. The maximum atomic E-state index is 3.69. The van der Waals surface area contributed by atoms with Gasteiger partial charge in [0.15, 0.2) is 0 Å². The highest BCUT2D eigenvalue weighted by atomic mass is 15.2. The smallest absolute Gasteiger partial charge is 0.0113 e. The molecule has 0 aromatic carbocycles. The van der Waals surface area contributed by atoms with Gasteiger partial charge in [0.2, 0.25) is 0 Å². The second-order valence-electron chi connectivity index (χ2n) is 8.76. The fourth-order valence-electron chi connectivity index (χ4n) is 3.67. The molecule has 0 heterocycles. The van der Waals surface area contributed by atoms with Gasteiger partial charge in [-0.3, -0.25) is 14.7 Å². The van der Waals surface area contributed by atoms with Crippen molar-refractivity contribution in [1.29, 1.82) is 0 Å². The van der Waals surface area contributed by atoms with E-state index in [9.17, 15) is 0 Å². The molecule has 0 aromatic heterocycles. The molecule has 0 aliphatic heterocycles. The molecule has 0 radical (unpaired) electrons. The summed E-state index contributed by atoms with van der Waals surface area (Å²) < 4.78 is 0. The highest BCUT2D eigenvalue weighted by molar-refractivity contribution is 4.71. The SMILES string of the molecule is CCN(CC)CCN(CCNCCN(CCN(CC)C(C)C)C(C)C)C(C)C. The maximum Gasteiger partial charge on any atom is 0.0113 e. The summed E-state index contributed by atoms with van der Waals surface area (Å²) >= 11 is 0. The molecule has 0 saturated carbocycles. The first-order valence-corrected chi connectivity index (χ1v) is 11.9. The Hall–Kier alpha value is -0.200. The van der Waals surface area contributed by atoms with Gasteiger partial charge in [-0.15, -0.1) is 0 Å². The van der Waals surface area contributed by atoms with Crippen molar-refractivity contribution in [3.8, 4) is 0 Å². The molecule has 5 nitrogen and oxygen atoms in total. The van der Waals surface area contributed by atoms with Crippen LogP contribution in [0.2, 0.25) is 0 Å². The largest absolute Gasteiger partial charge is 0.314 e. The first kappa shape index (κ1) is 27.8. The van der Waals surface area contributed by atoms with Gasteiger partial charge in [0.25, 0.3) is 0 Å². The molecule has 0 bridgehead atoms. The predicted octanol–water partition coefficient (Wildman–Crippen LogP) is 3.07. The summed E-state index contributed by atoms with van der Waals surface area (Å²) in [5.41, 5.74) is 0. The summed E-state index contributed by atoms with van der Waals surface area (Å²) in [5.74, 6) is 0. The second kappa shape index (κ2) is 16.6. The number of nitrogens with one attached hydrogen (secondary N) is 1. The number of hydrogen-bond donors (Lipinski definition) is 1. The van der Waals surface area contributed by atoms with E-state index in [4.69, 9.17) is 0 Å². The van der Waals surface area contributed by atoms with Gasteiger partial charge in [0, 0.05) is 70.5 Å². The fourth-order valence-corrected chi connectivity index (χ4v) is 3.67. The van der Waals surface area contributed by atoms with Crippen LogP contribution in [0.15, 0.2) is 0 Å². The molecular weight excluding hydrogens is 346 g/mol. The van der Waals surface area contributed by atoms with E-state index in [1.54, 1.807) is 0 Å². The number of nitrogens with zero attached hydrogens (tertiary/aromatic N) is 4. The molecule has 0 aliphatic rings. The zero-order valence-electron chi connectivity index (χ0n) is 20.8. The quantitative estimate of drug-likeness (QED) is 0.357. The Morgan fingerprint density at radius 1 is 0.500 bits per heavy atom. The lowest BCUT2D eigenvalue weighted by atomic mass is 10.2. The van der Waals surface area contributed by atoms with Gasteiger partial charge in [0.05, 0.1) is 0 Å². The highest BCUT2D eigenvalue weighted by Gasteiger charge is 2.13. The van der Waals surface area contributed by atoms with Crippen LogP contribution in [-0.2, 0) is 0 Å². The average molecular weight is 400 g/mol. The normalized spacial score (nSPS) is 12.9. The number of hydrogen-bond acceptors (Lipinski definition) is 5. The van der Waals surface area contributed by atoms with Crippen LogP contribution in [-0.4, -0.2) is 110 Å². The molecule has 0 aromatic rings. The van der Waals surface area contributed by atoms with Gasteiger partial charge >= 0.3 is 0 Å². The van der Waals surface area contributed by atoms with Crippen molar-refractivity contribution in [1.82, 2.24) is 24.9 Å². The average Bonchev–Trinajstić information content (AvgIpc) is 2.64. The van der Waals surface area contributed by atoms with Crippen molar-refractivity contribution < 1.29 is 0 Å². The molecule has 0 atom stereocenters. The molecule has 1 N–H and O–H groups in total. The van der Waals surface area contributed by atoms with Crippen molar-refractivity contribution in [3.05, 3.63) is 0 Å². The molecule has 28 heavy (non-hydrogen) atoms. The zero-order chi connectivity index (χ0) is 21.5. The second-order valence-corrected chi connectivity index (χ2v) is 8.76. The Labute approximate surface area is 177 Å². The van der Waals surface area contributed by atoms with Gasteiger partial charge in [0.1, 0.15) is 0 Å². The highest BCUT2D eigenvalue weighted by Crippen LogP contribution is 2.02. The first-order chi connectivity index (χ1) is 13.3. The lowest BCUT2D eigenvalue weighted by Gasteiger charge is -2.32. The van der Waals surface area contributed by atoms with Gasteiger partial charge in [-0.25, -0.2) is 0 Å². The van der Waals surface area contributed by atoms with Crippen LogP contribution in [0.3, 0.4) is 0 Å². The minimum Gasteiger partial charge on any atom is -0.314 e. The number of rotatable bonds is 18. The fraction of sp³-hybridized carbons (Fsp3) is 1.00. The molecule has 0 unspecified atom stereocenters. The molecule has 0 spiro atoms. The molecule has 0 amide bonds. The summed E-state index contributed by atoms with van der Waals surface area (Å²) in [4.78, 5) is 10.3. The van der Waals surface area contributed by atoms with Crippen LogP contribution in [0, 0.1) is 0 Å². The van der Waals surface area contributed by atoms with Crippen LogP contribution in [0.4, 0.5) is 0 Å².